The first-order valence-corrected chi connectivity index (χ1v) is 4.97. The second kappa shape index (κ2) is 5.32. The second-order valence-corrected chi connectivity index (χ2v) is 4.62. The van der Waals surface area contributed by atoms with Crippen molar-refractivity contribution in [3.8, 4) is 0 Å². The Balaban J connectivity index is 0.00000196. The van der Waals surface area contributed by atoms with Gasteiger partial charge in [-0.1, -0.05) is 0 Å². The quantitative estimate of drug-likeness (QED) is 0.494. The first-order valence-electron chi connectivity index (χ1n) is 4.97. The maximum atomic E-state index is 5.84. The molecule has 0 saturated carbocycles. The van der Waals surface area contributed by atoms with Gasteiger partial charge in [0.25, 0.3) is 0 Å². The van der Waals surface area contributed by atoms with Crippen LogP contribution < -0.4 is 0 Å². The molecule has 0 radical (unpaired) electrons. The van der Waals surface area contributed by atoms with E-state index < -0.39 is 0 Å². The van der Waals surface area contributed by atoms with Gasteiger partial charge < -0.3 is 16.2 Å². The van der Waals surface area contributed by atoms with Gasteiger partial charge in [-0.25, -0.2) is 24.9 Å². The van der Waals surface area contributed by atoms with Crippen LogP contribution in [0.3, 0.4) is 0 Å². The summed E-state index contributed by atoms with van der Waals surface area (Å²) in [6.45, 7) is 15.7. The molecular formula is C11H19BO2U. The fraction of sp³-hybridized carbons (Fsp3) is 0.636. The van der Waals surface area contributed by atoms with Gasteiger partial charge in [-0.15, -0.1) is 0 Å². The van der Waals surface area contributed by atoms with Gasteiger partial charge in [0.2, 0.25) is 0 Å². The number of allylic oxidation sites excluding steroid dienone is 2. The van der Waals surface area contributed by atoms with Crippen molar-refractivity contribution in [3.05, 3.63) is 25.4 Å². The molecule has 1 saturated heterocycles. The van der Waals surface area contributed by atoms with Crippen LogP contribution in [0.15, 0.2) is 11.5 Å². The zero-order chi connectivity index (χ0) is 11.0. The third-order valence-corrected chi connectivity index (χ3v) is 3.11. The van der Waals surface area contributed by atoms with Gasteiger partial charge in [0.1, 0.15) is 0 Å². The minimum atomic E-state index is -0.282. The van der Waals surface area contributed by atoms with Crippen molar-refractivity contribution in [2.24, 2.45) is 0 Å². The Labute approximate surface area is 118 Å². The van der Waals surface area contributed by atoms with Crippen LogP contribution in [0.2, 0.25) is 0 Å². The molecule has 1 heterocycles. The number of hydrogen-bond acceptors (Lipinski definition) is 2. The molecule has 15 heavy (non-hydrogen) atoms. The Hall–Kier alpha value is 0.647. The van der Waals surface area contributed by atoms with Gasteiger partial charge in [-0.05, 0) is 27.7 Å². The van der Waals surface area contributed by atoms with Crippen LogP contribution >= 0.6 is 0 Å². The zero-order valence-electron chi connectivity index (χ0n) is 10.1. The van der Waals surface area contributed by atoms with Crippen molar-refractivity contribution in [1.82, 2.24) is 0 Å². The van der Waals surface area contributed by atoms with Crippen molar-refractivity contribution in [1.29, 1.82) is 0 Å². The largest absolute Gasteiger partial charge is 2.00 e. The molecule has 0 aromatic heterocycles. The normalized spacial score (nSPS) is 23.8. The summed E-state index contributed by atoms with van der Waals surface area (Å²) in [6, 6.07) is 0. The molecule has 4 heteroatoms. The maximum Gasteiger partial charge on any atom is 2.00 e. The van der Waals surface area contributed by atoms with Crippen LogP contribution in [0.1, 0.15) is 34.1 Å². The number of hydrogen-bond donors (Lipinski definition) is 0. The predicted molar refractivity (Wildman–Crippen MR) is 59.5 cm³/mol. The van der Waals surface area contributed by atoms with Crippen LogP contribution in [0.5, 0.6) is 0 Å². The molecule has 82 valence electrons. The van der Waals surface area contributed by atoms with E-state index in [0.29, 0.717) is 6.42 Å². The van der Waals surface area contributed by atoms with Crippen molar-refractivity contribution in [2.45, 2.75) is 45.3 Å². The standard InChI is InChI=1S/C11H19BO2.U/c1-7-9(8-2)12-13-10(3,4)11(5,6)14-12;/h7H,1-2,8H2,3-6H3;/q-2;+2. The second-order valence-electron chi connectivity index (χ2n) is 4.62. The van der Waals surface area contributed by atoms with E-state index >= 15 is 0 Å². The molecule has 1 aliphatic rings. The molecule has 0 amide bonds. The van der Waals surface area contributed by atoms with Gasteiger partial charge in [-0.2, -0.15) is 0 Å². The summed E-state index contributed by atoms with van der Waals surface area (Å²) in [6.07, 6.45) is 2.44. The third kappa shape index (κ3) is 3.06. The fourth-order valence-corrected chi connectivity index (χ4v) is 1.31. The van der Waals surface area contributed by atoms with Crippen molar-refractivity contribution in [2.75, 3.05) is 0 Å². The van der Waals surface area contributed by atoms with Gasteiger partial charge in [-0.3, -0.25) is 0 Å². The summed E-state index contributed by atoms with van der Waals surface area (Å²) >= 11 is 0. The molecule has 0 atom stereocenters. The van der Waals surface area contributed by atoms with E-state index in [2.05, 4.69) is 13.8 Å². The molecule has 0 unspecified atom stereocenters. The molecule has 0 spiro atoms. The Bertz CT molecular complexity index is 233. The minimum absolute atomic E-state index is 0. The molecular weight excluding hydrogens is 413 g/mol. The number of rotatable bonds is 2. The van der Waals surface area contributed by atoms with E-state index in [-0.39, 0.29) is 49.4 Å². The van der Waals surface area contributed by atoms with Gasteiger partial charge in [0.05, 0.1) is 11.2 Å². The van der Waals surface area contributed by atoms with E-state index in [1.54, 1.807) is 6.08 Å². The molecule has 0 N–H and O–H groups in total. The van der Waals surface area contributed by atoms with Crippen molar-refractivity contribution >= 4 is 7.12 Å². The van der Waals surface area contributed by atoms with Crippen LogP contribution in [0, 0.1) is 45.0 Å². The molecule has 0 aromatic rings. The van der Waals surface area contributed by atoms with E-state index in [1.165, 1.54) is 0 Å². The summed E-state index contributed by atoms with van der Waals surface area (Å²) in [4.78, 5) is 0. The molecule has 0 aromatic carbocycles. The van der Waals surface area contributed by atoms with Gasteiger partial charge in [0, 0.05) is 0 Å². The summed E-state index contributed by atoms with van der Waals surface area (Å²) in [5.74, 6) is 0. The van der Waals surface area contributed by atoms with Gasteiger partial charge in [0.15, 0.2) is 0 Å². The van der Waals surface area contributed by atoms with E-state index in [9.17, 15) is 0 Å². The topological polar surface area (TPSA) is 18.5 Å². The Morgan fingerprint density at radius 3 is 1.87 bits per heavy atom. The molecule has 2 nitrogen and oxygen atoms in total. The molecule has 0 bridgehead atoms. The summed E-state index contributed by atoms with van der Waals surface area (Å²) in [7, 11) is -0.282. The fourth-order valence-electron chi connectivity index (χ4n) is 1.31. The Kier molecular flexibility index (Phi) is 5.55. The van der Waals surface area contributed by atoms with Crippen molar-refractivity contribution in [3.63, 3.8) is 0 Å². The summed E-state index contributed by atoms with van der Waals surface area (Å²) < 4.78 is 11.7. The molecule has 1 fully saturated rings. The van der Waals surface area contributed by atoms with Gasteiger partial charge >= 0.3 is 38.2 Å². The van der Waals surface area contributed by atoms with Crippen LogP contribution in [0.4, 0.5) is 0 Å². The molecule has 0 aliphatic carbocycles. The van der Waals surface area contributed by atoms with Crippen LogP contribution in [-0.2, 0) is 9.31 Å². The Morgan fingerprint density at radius 2 is 1.60 bits per heavy atom. The SMILES string of the molecule is [CH2-]C=C(C[CH2-])B1OC(C)(C)C(C)(C)O1.[U+2]. The predicted octanol–water partition coefficient (Wildman–Crippen LogP) is 2.60. The Morgan fingerprint density at radius 1 is 1.20 bits per heavy atom. The first kappa shape index (κ1) is 15.6. The molecule has 1 aliphatic heterocycles. The van der Waals surface area contributed by atoms with Crippen LogP contribution in [-0.4, -0.2) is 18.3 Å². The van der Waals surface area contributed by atoms with Crippen molar-refractivity contribution < 1.29 is 40.4 Å². The maximum absolute atomic E-state index is 5.84. The first-order chi connectivity index (χ1) is 6.34. The zero-order valence-corrected chi connectivity index (χ0v) is 14.3. The monoisotopic (exact) mass is 432 g/mol. The van der Waals surface area contributed by atoms with E-state index in [4.69, 9.17) is 9.31 Å². The minimum Gasteiger partial charge on any atom is -0.414 e. The third-order valence-electron chi connectivity index (χ3n) is 3.11. The van der Waals surface area contributed by atoms with E-state index in [0.717, 1.165) is 5.47 Å². The smallest absolute Gasteiger partial charge is 0.414 e. The summed E-state index contributed by atoms with van der Waals surface area (Å²) in [5, 5.41) is 0. The average Bonchev–Trinajstić information content (AvgIpc) is 2.23. The molecule has 1 rings (SSSR count). The van der Waals surface area contributed by atoms with E-state index in [1.807, 2.05) is 27.7 Å². The average molecular weight is 432 g/mol. The summed E-state index contributed by atoms with van der Waals surface area (Å²) in [5.41, 5.74) is 0.450. The van der Waals surface area contributed by atoms with Crippen LogP contribution in [0.25, 0.3) is 0 Å².